The van der Waals surface area contributed by atoms with Gasteiger partial charge >= 0.3 is 0 Å². The highest BCUT2D eigenvalue weighted by Crippen LogP contribution is 2.32. The van der Waals surface area contributed by atoms with Crippen LogP contribution in [-0.2, 0) is 17.6 Å². The number of ether oxygens (including phenoxy) is 1. The third-order valence-electron chi connectivity index (χ3n) is 4.45. The van der Waals surface area contributed by atoms with Crippen LogP contribution in [0.5, 0.6) is 5.75 Å². The maximum absolute atomic E-state index is 12.5. The molecule has 0 spiro atoms. The fraction of sp³-hybridized carbons (Fsp3) is 0.333. The summed E-state index contributed by atoms with van der Waals surface area (Å²) in [6.45, 7) is 1.98. The zero-order valence-electron chi connectivity index (χ0n) is 13.3. The number of carbonyl (C=O) groups is 2. The Morgan fingerprint density at radius 3 is 3.04 bits per heavy atom. The maximum Gasteiger partial charge on any atom is 0.262 e. The molecule has 2 aliphatic rings. The van der Waals surface area contributed by atoms with E-state index in [2.05, 4.69) is 10.6 Å². The number of rotatable bonds is 3. The number of aryl methyl sites for hydroxylation is 2. The summed E-state index contributed by atoms with van der Waals surface area (Å²) in [6, 6.07) is 7.46. The van der Waals surface area contributed by atoms with E-state index in [1.54, 1.807) is 11.3 Å². The Bertz CT molecular complexity index is 806. The van der Waals surface area contributed by atoms with Crippen molar-refractivity contribution in [2.75, 3.05) is 11.9 Å². The highest BCUT2D eigenvalue weighted by atomic mass is 32.1. The third kappa shape index (κ3) is 2.78. The Morgan fingerprint density at radius 2 is 2.21 bits per heavy atom. The molecule has 24 heavy (non-hydrogen) atoms. The lowest BCUT2D eigenvalue weighted by atomic mass is 10.1. The van der Waals surface area contributed by atoms with Crippen LogP contribution >= 0.6 is 11.3 Å². The molecule has 2 amide bonds. The van der Waals surface area contributed by atoms with Crippen LogP contribution in [-0.4, -0.2) is 18.4 Å². The van der Waals surface area contributed by atoms with E-state index in [1.165, 1.54) is 16.9 Å². The molecule has 2 aromatic rings. The fourth-order valence-electron chi connectivity index (χ4n) is 3.16. The Hall–Kier alpha value is -2.34. The van der Waals surface area contributed by atoms with Crippen LogP contribution in [0.2, 0.25) is 0 Å². The van der Waals surface area contributed by atoms with Gasteiger partial charge in [-0.3, -0.25) is 9.59 Å². The predicted octanol–water partition coefficient (Wildman–Crippen LogP) is 3.06. The lowest BCUT2D eigenvalue weighted by Gasteiger charge is -2.20. The molecular weight excluding hydrogens is 324 g/mol. The quantitative estimate of drug-likeness (QED) is 0.901. The van der Waals surface area contributed by atoms with Crippen molar-refractivity contribution >= 4 is 28.8 Å². The smallest absolute Gasteiger partial charge is 0.262 e. The number of hydrogen-bond donors (Lipinski definition) is 2. The summed E-state index contributed by atoms with van der Waals surface area (Å²) in [5.41, 5.74) is 2.91. The summed E-state index contributed by atoms with van der Waals surface area (Å²) in [5, 5.41) is 5.83. The third-order valence-corrected chi connectivity index (χ3v) is 5.69. The first kappa shape index (κ1) is 15.2. The zero-order chi connectivity index (χ0) is 16.7. The summed E-state index contributed by atoms with van der Waals surface area (Å²) in [6.07, 6.45) is 3.37. The summed E-state index contributed by atoms with van der Waals surface area (Å²) < 4.78 is 5.36. The Labute approximate surface area is 144 Å². The first-order valence-electron chi connectivity index (χ1n) is 8.09. The van der Waals surface area contributed by atoms with E-state index in [0.29, 0.717) is 11.4 Å². The van der Waals surface area contributed by atoms with Crippen LogP contribution in [0.3, 0.4) is 0 Å². The molecule has 0 saturated carbocycles. The highest BCUT2D eigenvalue weighted by Gasteiger charge is 2.21. The zero-order valence-corrected chi connectivity index (χ0v) is 14.2. The van der Waals surface area contributed by atoms with Crippen LogP contribution < -0.4 is 15.4 Å². The van der Waals surface area contributed by atoms with E-state index in [4.69, 9.17) is 4.74 Å². The first-order valence-corrected chi connectivity index (χ1v) is 8.91. The molecule has 2 N–H and O–H groups in total. The van der Waals surface area contributed by atoms with Gasteiger partial charge in [0.2, 0.25) is 0 Å². The molecule has 0 saturated heterocycles. The van der Waals surface area contributed by atoms with Crippen molar-refractivity contribution in [3.05, 3.63) is 45.1 Å². The number of carbonyl (C=O) groups excluding carboxylic acids is 2. The number of thiophene rings is 1. The second-order valence-corrected chi connectivity index (χ2v) is 7.34. The van der Waals surface area contributed by atoms with Crippen molar-refractivity contribution in [3.8, 4) is 5.75 Å². The molecule has 6 heteroatoms. The number of benzene rings is 1. The molecule has 1 aromatic heterocycles. The predicted molar refractivity (Wildman–Crippen MR) is 92.8 cm³/mol. The van der Waals surface area contributed by atoms with Crippen LogP contribution in [0, 0.1) is 0 Å². The van der Waals surface area contributed by atoms with Gasteiger partial charge in [-0.15, -0.1) is 11.3 Å². The van der Waals surface area contributed by atoms with Crippen LogP contribution in [0.25, 0.3) is 0 Å². The molecule has 5 nitrogen and oxygen atoms in total. The van der Waals surface area contributed by atoms with Gasteiger partial charge in [0.1, 0.15) is 5.75 Å². The topological polar surface area (TPSA) is 67.4 Å². The number of fused-ring (bicyclic) bond motifs is 2. The van der Waals surface area contributed by atoms with Gasteiger partial charge < -0.3 is 15.4 Å². The molecule has 0 bridgehead atoms. The van der Waals surface area contributed by atoms with Gasteiger partial charge in [-0.05, 0) is 55.5 Å². The van der Waals surface area contributed by atoms with Crippen molar-refractivity contribution in [2.24, 2.45) is 0 Å². The number of hydrogen-bond acceptors (Lipinski definition) is 4. The largest absolute Gasteiger partial charge is 0.482 e. The van der Waals surface area contributed by atoms with Crippen molar-refractivity contribution in [3.63, 3.8) is 0 Å². The summed E-state index contributed by atoms with van der Waals surface area (Å²) in [4.78, 5) is 26.0. The van der Waals surface area contributed by atoms with E-state index in [-0.39, 0.29) is 24.5 Å². The average molecular weight is 342 g/mol. The number of amides is 2. The number of anilines is 1. The summed E-state index contributed by atoms with van der Waals surface area (Å²) in [7, 11) is 0. The molecule has 124 valence electrons. The minimum atomic E-state index is -0.163. The van der Waals surface area contributed by atoms with Crippen LogP contribution in [0.15, 0.2) is 24.3 Å². The van der Waals surface area contributed by atoms with Crippen molar-refractivity contribution < 1.29 is 14.3 Å². The molecular formula is C18H18N2O3S. The van der Waals surface area contributed by atoms with E-state index < -0.39 is 0 Å². The second-order valence-electron chi connectivity index (χ2n) is 6.20. The van der Waals surface area contributed by atoms with Gasteiger partial charge in [0, 0.05) is 4.88 Å². The molecule has 4 rings (SSSR count). The van der Waals surface area contributed by atoms with Gasteiger partial charge in [0.25, 0.3) is 11.8 Å². The molecule has 1 aromatic carbocycles. The standard InChI is InChI=1S/C18H18N2O3S/c1-10(11-5-6-14-13(7-11)20-17(21)9-23-14)19-18(22)16-8-12-3-2-4-15(12)24-16/h5-8,10H,2-4,9H2,1H3,(H,19,22)(H,20,21)/t10-/m0/s1. The Balaban J connectivity index is 1.49. The summed E-state index contributed by atoms with van der Waals surface area (Å²) in [5.74, 6) is 0.455. The van der Waals surface area contributed by atoms with Gasteiger partial charge in [-0.25, -0.2) is 0 Å². The normalized spacial score (nSPS) is 16.6. The molecule has 0 radical (unpaired) electrons. The molecule has 0 unspecified atom stereocenters. The lowest BCUT2D eigenvalue weighted by molar-refractivity contribution is -0.118. The lowest BCUT2D eigenvalue weighted by Crippen LogP contribution is -2.27. The van der Waals surface area contributed by atoms with E-state index in [0.717, 1.165) is 23.3 Å². The monoisotopic (exact) mass is 342 g/mol. The highest BCUT2D eigenvalue weighted by molar-refractivity contribution is 7.14. The second kappa shape index (κ2) is 5.94. The van der Waals surface area contributed by atoms with Crippen molar-refractivity contribution in [2.45, 2.75) is 32.2 Å². The van der Waals surface area contributed by atoms with Gasteiger partial charge in [0.05, 0.1) is 16.6 Å². The van der Waals surface area contributed by atoms with Gasteiger partial charge in [0.15, 0.2) is 6.61 Å². The Kier molecular flexibility index (Phi) is 3.76. The average Bonchev–Trinajstić information content (AvgIpc) is 3.15. The molecule has 2 heterocycles. The Morgan fingerprint density at radius 1 is 1.33 bits per heavy atom. The molecule has 1 atom stereocenters. The minimum absolute atomic E-state index is 0.0418. The summed E-state index contributed by atoms with van der Waals surface area (Å²) >= 11 is 1.60. The minimum Gasteiger partial charge on any atom is -0.482 e. The molecule has 0 fully saturated rings. The van der Waals surface area contributed by atoms with Gasteiger partial charge in [-0.1, -0.05) is 6.07 Å². The van der Waals surface area contributed by atoms with Crippen molar-refractivity contribution in [1.82, 2.24) is 5.32 Å². The van der Waals surface area contributed by atoms with Gasteiger partial charge in [-0.2, -0.15) is 0 Å². The number of nitrogens with one attached hydrogen (secondary N) is 2. The van der Waals surface area contributed by atoms with E-state index >= 15 is 0 Å². The van der Waals surface area contributed by atoms with E-state index in [1.807, 2.05) is 31.2 Å². The van der Waals surface area contributed by atoms with Crippen molar-refractivity contribution in [1.29, 1.82) is 0 Å². The maximum atomic E-state index is 12.5. The molecule has 1 aliphatic carbocycles. The SMILES string of the molecule is C[C@H](NC(=O)c1cc2c(s1)CCC2)c1ccc2c(c1)NC(=O)CO2. The van der Waals surface area contributed by atoms with Crippen LogP contribution in [0.1, 0.15) is 45.1 Å². The first-order chi connectivity index (χ1) is 11.6. The van der Waals surface area contributed by atoms with Crippen LogP contribution in [0.4, 0.5) is 5.69 Å². The van der Waals surface area contributed by atoms with E-state index in [9.17, 15) is 9.59 Å². The fourth-order valence-corrected chi connectivity index (χ4v) is 4.32. The molecule has 1 aliphatic heterocycles.